The summed E-state index contributed by atoms with van der Waals surface area (Å²) in [6, 6.07) is 3.57. The molecule has 0 aromatic heterocycles. The number of nitro groups is 1. The number of halogens is 3. The lowest BCUT2D eigenvalue weighted by molar-refractivity contribution is -0.385. The molecule has 9 heteroatoms. The van der Waals surface area contributed by atoms with E-state index in [1.165, 1.54) is 19.2 Å². The number of nitrogens with one attached hydrogen (secondary N) is 1. The fourth-order valence-electron chi connectivity index (χ4n) is 1.39. The number of hydrogen-bond donors (Lipinski definition) is 1. The molecule has 0 spiro atoms. The summed E-state index contributed by atoms with van der Waals surface area (Å²) in [4.78, 5) is 21.3. The molecule has 0 heterocycles. The van der Waals surface area contributed by atoms with E-state index >= 15 is 0 Å². The zero-order valence-corrected chi connectivity index (χ0v) is 10.4. The molecule has 6 nitrogen and oxygen atoms in total. The molecule has 0 radical (unpaired) electrons. The van der Waals surface area contributed by atoms with Crippen molar-refractivity contribution in [2.24, 2.45) is 0 Å². The highest BCUT2D eigenvalue weighted by molar-refractivity contribution is 5.91. The first kappa shape index (κ1) is 15.7. The molecule has 0 aliphatic heterocycles. The first-order valence-corrected chi connectivity index (χ1v) is 5.42. The average molecular weight is 292 g/mol. The quantitative estimate of drug-likeness (QED) is 0.668. The summed E-state index contributed by atoms with van der Waals surface area (Å²) in [5, 5.41) is 12.9. The van der Waals surface area contributed by atoms with Crippen LogP contribution >= 0.6 is 0 Å². The molecule has 110 valence electrons. The van der Waals surface area contributed by atoms with Crippen LogP contribution < -0.4 is 10.1 Å². The zero-order chi connectivity index (χ0) is 15.3. The maximum atomic E-state index is 11.9. The Morgan fingerprint density at radius 2 is 2.10 bits per heavy atom. The van der Waals surface area contributed by atoms with Gasteiger partial charge in [0.05, 0.1) is 18.5 Å². The number of ether oxygens (including phenoxy) is 1. The van der Waals surface area contributed by atoms with Gasteiger partial charge in [-0.25, -0.2) is 0 Å². The van der Waals surface area contributed by atoms with E-state index in [2.05, 4.69) is 5.32 Å². The van der Waals surface area contributed by atoms with Crippen LogP contribution in [0.4, 0.5) is 24.5 Å². The first-order valence-electron chi connectivity index (χ1n) is 5.42. The molecule has 0 aliphatic carbocycles. The highest BCUT2D eigenvalue weighted by atomic mass is 19.4. The molecule has 0 aliphatic rings. The van der Waals surface area contributed by atoms with E-state index in [4.69, 9.17) is 4.74 Å². The summed E-state index contributed by atoms with van der Waals surface area (Å²) < 4.78 is 40.6. The van der Waals surface area contributed by atoms with Gasteiger partial charge in [0.25, 0.3) is 0 Å². The summed E-state index contributed by atoms with van der Waals surface area (Å²) in [6.07, 6.45) is -6.43. The Hall–Kier alpha value is -2.32. The van der Waals surface area contributed by atoms with Gasteiger partial charge in [-0.3, -0.25) is 14.9 Å². The van der Waals surface area contributed by atoms with Gasteiger partial charge < -0.3 is 10.1 Å². The molecule has 0 saturated carbocycles. The smallest absolute Gasteiger partial charge is 0.389 e. The predicted octanol–water partition coefficient (Wildman–Crippen LogP) is 2.88. The van der Waals surface area contributed by atoms with E-state index in [1.807, 2.05) is 0 Å². The van der Waals surface area contributed by atoms with Gasteiger partial charge in [-0.05, 0) is 12.1 Å². The minimum Gasteiger partial charge on any atom is -0.490 e. The minimum atomic E-state index is -4.43. The highest BCUT2D eigenvalue weighted by Gasteiger charge is 2.28. The summed E-state index contributed by atoms with van der Waals surface area (Å²) >= 11 is 0. The monoisotopic (exact) mass is 292 g/mol. The second-order valence-corrected chi connectivity index (χ2v) is 3.81. The van der Waals surface area contributed by atoms with Crippen molar-refractivity contribution in [3.63, 3.8) is 0 Å². The van der Waals surface area contributed by atoms with Crippen molar-refractivity contribution in [2.45, 2.75) is 19.0 Å². The topological polar surface area (TPSA) is 81.5 Å². The molecule has 0 unspecified atom stereocenters. The van der Waals surface area contributed by atoms with E-state index in [1.54, 1.807) is 0 Å². The fraction of sp³-hybridized carbons (Fsp3) is 0.364. The Bertz CT molecular complexity index is 517. The maximum Gasteiger partial charge on any atom is 0.389 e. The Balaban J connectivity index is 2.76. The van der Waals surface area contributed by atoms with Crippen LogP contribution in [0.15, 0.2) is 18.2 Å². The van der Waals surface area contributed by atoms with Gasteiger partial charge in [0.1, 0.15) is 0 Å². The Labute approximate surface area is 111 Å². The normalized spacial score (nSPS) is 11.0. The van der Waals surface area contributed by atoms with Crippen molar-refractivity contribution in [1.82, 2.24) is 0 Å². The molecule has 1 amide bonds. The molecular formula is C11H11F3N2O4. The van der Waals surface area contributed by atoms with Gasteiger partial charge in [-0.1, -0.05) is 0 Å². The number of hydrogen-bond acceptors (Lipinski definition) is 4. The summed E-state index contributed by atoms with van der Waals surface area (Å²) in [6.45, 7) is 0. The van der Waals surface area contributed by atoms with Crippen LogP contribution in [0.3, 0.4) is 0 Å². The third-order valence-corrected chi connectivity index (χ3v) is 2.29. The molecule has 0 bridgehead atoms. The lowest BCUT2D eigenvalue weighted by Crippen LogP contribution is -2.16. The second-order valence-electron chi connectivity index (χ2n) is 3.81. The van der Waals surface area contributed by atoms with Crippen LogP contribution in [0.2, 0.25) is 0 Å². The van der Waals surface area contributed by atoms with Gasteiger partial charge in [-0.2, -0.15) is 13.2 Å². The molecule has 1 aromatic carbocycles. The molecule has 1 aromatic rings. The summed E-state index contributed by atoms with van der Waals surface area (Å²) in [5.41, 5.74) is -0.356. The fourth-order valence-corrected chi connectivity index (χ4v) is 1.39. The van der Waals surface area contributed by atoms with Crippen LogP contribution in [0.5, 0.6) is 5.75 Å². The van der Waals surface area contributed by atoms with Crippen molar-refractivity contribution in [3.05, 3.63) is 28.3 Å². The number of methoxy groups -OCH3 is 1. The lowest BCUT2D eigenvalue weighted by atomic mass is 10.2. The van der Waals surface area contributed by atoms with Crippen LogP contribution in [-0.2, 0) is 4.79 Å². The zero-order valence-electron chi connectivity index (χ0n) is 10.4. The third-order valence-electron chi connectivity index (χ3n) is 2.29. The van der Waals surface area contributed by atoms with E-state index in [0.717, 1.165) is 6.07 Å². The van der Waals surface area contributed by atoms with Crippen LogP contribution in [0.25, 0.3) is 0 Å². The SMILES string of the molecule is COc1ccc(NC(=O)CCC(F)(F)F)cc1[N+](=O)[O-]. The summed E-state index contributed by atoms with van der Waals surface area (Å²) in [7, 11) is 1.24. The van der Waals surface area contributed by atoms with E-state index in [0.29, 0.717) is 0 Å². The molecule has 0 atom stereocenters. The maximum absolute atomic E-state index is 11.9. The van der Waals surface area contributed by atoms with Crippen LogP contribution in [0.1, 0.15) is 12.8 Å². The van der Waals surface area contributed by atoms with Crippen molar-refractivity contribution in [1.29, 1.82) is 0 Å². The molecule has 20 heavy (non-hydrogen) atoms. The molecule has 0 fully saturated rings. The first-order chi connectivity index (χ1) is 9.23. The van der Waals surface area contributed by atoms with Crippen LogP contribution in [-0.4, -0.2) is 24.1 Å². The number of nitro benzene ring substituents is 1. The van der Waals surface area contributed by atoms with Crippen LogP contribution in [0, 0.1) is 10.1 Å². The number of benzene rings is 1. The largest absolute Gasteiger partial charge is 0.490 e. The lowest BCUT2D eigenvalue weighted by Gasteiger charge is -2.08. The number of amides is 1. The second kappa shape index (κ2) is 6.22. The van der Waals surface area contributed by atoms with Gasteiger partial charge in [-0.15, -0.1) is 0 Å². The van der Waals surface area contributed by atoms with Crippen molar-refractivity contribution < 1.29 is 27.6 Å². The number of anilines is 1. The van der Waals surface area contributed by atoms with Crippen molar-refractivity contribution in [2.75, 3.05) is 12.4 Å². The molecule has 1 rings (SSSR count). The Morgan fingerprint density at radius 1 is 1.45 bits per heavy atom. The molecular weight excluding hydrogens is 281 g/mol. The average Bonchev–Trinajstić information content (AvgIpc) is 2.35. The third kappa shape index (κ3) is 4.75. The van der Waals surface area contributed by atoms with Gasteiger partial charge in [0, 0.05) is 18.2 Å². The molecule has 1 N–H and O–H groups in total. The predicted molar refractivity (Wildman–Crippen MR) is 63.6 cm³/mol. The highest BCUT2D eigenvalue weighted by Crippen LogP contribution is 2.30. The van der Waals surface area contributed by atoms with E-state index in [9.17, 15) is 28.1 Å². The number of rotatable bonds is 5. The number of nitrogens with zero attached hydrogens (tertiary/aromatic N) is 1. The van der Waals surface area contributed by atoms with Gasteiger partial charge in [0.15, 0.2) is 5.75 Å². The molecule has 0 saturated heterocycles. The number of alkyl halides is 3. The number of carbonyl (C=O) groups excluding carboxylic acids is 1. The van der Waals surface area contributed by atoms with Gasteiger partial charge in [0.2, 0.25) is 5.91 Å². The van der Waals surface area contributed by atoms with E-state index in [-0.39, 0.29) is 17.1 Å². The van der Waals surface area contributed by atoms with Gasteiger partial charge >= 0.3 is 11.9 Å². The van der Waals surface area contributed by atoms with Crippen molar-refractivity contribution >= 4 is 17.3 Å². The standard InChI is InChI=1S/C11H11F3N2O4/c1-20-9-3-2-7(6-8(9)16(18)19)15-10(17)4-5-11(12,13)14/h2-3,6H,4-5H2,1H3,(H,15,17). The Morgan fingerprint density at radius 3 is 2.60 bits per heavy atom. The number of carbonyl (C=O) groups is 1. The Kier molecular flexibility index (Phi) is 4.89. The van der Waals surface area contributed by atoms with E-state index < -0.39 is 29.8 Å². The van der Waals surface area contributed by atoms with Crippen molar-refractivity contribution in [3.8, 4) is 5.75 Å². The minimum absolute atomic E-state index is 0.0108. The summed E-state index contributed by atoms with van der Waals surface area (Å²) in [5.74, 6) is -0.884.